The van der Waals surface area contributed by atoms with Gasteiger partial charge in [0.25, 0.3) is 0 Å². The summed E-state index contributed by atoms with van der Waals surface area (Å²) in [6, 6.07) is 8.15. The molecule has 0 aromatic heterocycles. The second-order valence-corrected chi connectivity index (χ2v) is 6.45. The van der Waals surface area contributed by atoms with Crippen molar-refractivity contribution in [3.63, 3.8) is 0 Å². The van der Waals surface area contributed by atoms with Crippen molar-refractivity contribution in [2.45, 2.75) is 37.6 Å². The van der Waals surface area contributed by atoms with Gasteiger partial charge in [0.2, 0.25) is 5.91 Å². The summed E-state index contributed by atoms with van der Waals surface area (Å²) >= 11 is 1.84. The Hall–Kier alpha value is -1.00. The molecule has 1 heterocycles. The zero-order chi connectivity index (χ0) is 14.5. The average Bonchev–Trinajstić information content (AvgIpc) is 2.50. The first kappa shape index (κ1) is 15.4. The van der Waals surface area contributed by atoms with E-state index in [0.717, 1.165) is 37.4 Å². The summed E-state index contributed by atoms with van der Waals surface area (Å²) in [6.07, 6.45) is 2.30. The first-order valence-corrected chi connectivity index (χ1v) is 8.37. The van der Waals surface area contributed by atoms with Crippen molar-refractivity contribution in [3.05, 3.63) is 24.3 Å². The number of hydrogen-bond acceptors (Lipinski definition) is 3. The van der Waals surface area contributed by atoms with Crippen LogP contribution >= 0.6 is 11.8 Å². The quantitative estimate of drug-likeness (QED) is 0.832. The monoisotopic (exact) mass is 292 g/mol. The van der Waals surface area contributed by atoms with E-state index in [1.807, 2.05) is 42.8 Å². The van der Waals surface area contributed by atoms with Crippen molar-refractivity contribution in [2.75, 3.05) is 30.8 Å². The Bertz CT molecular complexity index is 464. The molecule has 20 heavy (non-hydrogen) atoms. The molecule has 1 amide bonds. The van der Waals surface area contributed by atoms with Crippen LogP contribution in [0.5, 0.6) is 0 Å². The van der Waals surface area contributed by atoms with Crippen LogP contribution in [0.3, 0.4) is 0 Å². The highest BCUT2D eigenvalue weighted by molar-refractivity contribution is 7.99. The van der Waals surface area contributed by atoms with Gasteiger partial charge in [-0.2, -0.15) is 0 Å². The predicted octanol–water partition coefficient (Wildman–Crippen LogP) is 3.25. The van der Waals surface area contributed by atoms with E-state index in [9.17, 15) is 4.79 Å². The SMILES string of the molecule is CCCCN(C)C(C)C(=O)N1CCSc2ccccc21. The minimum atomic E-state index is -0.0577. The van der Waals surface area contributed by atoms with Crippen LogP contribution < -0.4 is 4.90 Å². The molecule has 0 saturated carbocycles. The molecule has 1 aromatic rings. The number of carbonyl (C=O) groups is 1. The van der Waals surface area contributed by atoms with Crippen LogP contribution in [-0.2, 0) is 4.79 Å². The number of unbranched alkanes of at least 4 members (excludes halogenated alkanes) is 1. The fourth-order valence-electron chi connectivity index (χ4n) is 2.41. The van der Waals surface area contributed by atoms with Gasteiger partial charge in [0.05, 0.1) is 11.7 Å². The Morgan fingerprint density at radius 3 is 2.95 bits per heavy atom. The molecular formula is C16H24N2OS. The first-order valence-electron chi connectivity index (χ1n) is 7.38. The smallest absolute Gasteiger partial charge is 0.244 e. The number of likely N-dealkylation sites (N-methyl/N-ethyl adjacent to an activating group) is 1. The Kier molecular flexibility index (Phi) is 5.49. The molecule has 3 nitrogen and oxygen atoms in total. The minimum absolute atomic E-state index is 0.0577. The van der Waals surface area contributed by atoms with E-state index in [0.29, 0.717) is 0 Å². The molecular weight excluding hydrogens is 268 g/mol. The number of fused-ring (bicyclic) bond motifs is 1. The van der Waals surface area contributed by atoms with Crippen LogP contribution in [0, 0.1) is 0 Å². The summed E-state index contributed by atoms with van der Waals surface area (Å²) < 4.78 is 0. The molecule has 1 aliphatic heterocycles. The lowest BCUT2D eigenvalue weighted by molar-refractivity contribution is -0.122. The number of carbonyl (C=O) groups excluding carboxylic acids is 1. The van der Waals surface area contributed by atoms with Crippen LogP contribution in [-0.4, -0.2) is 42.7 Å². The van der Waals surface area contributed by atoms with Crippen LogP contribution in [0.25, 0.3) is 0 Å². The largest absolute Gasteiger partial charge is 0.309 e. The number of hydrogen-bond donors (Lipinski definition) is 0. The van der Waals surface area contributed by atoms with Gasteiger partial charge in [0, 0.05) is 17.2 Å². The van der Waals surface area contributed by atoms with E-state index in [4.69, 9.17) is 0 Å². The summed E-state index contributed by atoms with van der Waals surface area (Å²) in [6.45, 7) is 5.99. The number of anilines is 1. The van der Waals surface area contributed by atoms with Crippen LogP contribution in [0.4, 0.5) is 5.69 Å². The van der Waals surface area contributed by atoms with Crippen molar-refractivity contribution in [3.8, 4) is 0 Å². The number of benzene rings is 1. The number of amides is 1. The molecule has 0 aliphatic carbocycles. The maximum atomic E-state index is 12.7. The van der Waals surface area contributed by atoms with Gasteiger partial charge in [0.15, 0.2) is 0 Å². The minimum Gasteiger partial charge on any atom is -0.309 e. The highest BCUT2D eigenvalue weighted by atomic mass is 32.2. The number of rotatable bonds is 5. The summed E-state index contributed by atoms with van der Waals surface area (Å²) in [7, 11) is 2.04. The highest BCUT2D eigenvalue weighted by Gasteiger charge is 2.28. The topological polar surface area (TPSA) is 23.6 Å². The molecule has 0 fully saturated rings. The predicted molar refractivity (Wildman–Crippen MR) is 86.5 cm³/mol. The van der Waals surface area contributed by atoms with E-state index < -0.39 is 0 Å². The van der Waals surface area contributed by atoms with Crippen molar-refractivity contribution in [2.24, 2.45) is 0 Å². The van der Waals surface area contributed by atoms with Gasteiger partial charge in [-0.3, -0.25) is 9.69 Å². The zero-order valence-electron chi connectivity index (χ0n) is 12.6. The van der Waals surface area contributed by atoms with Crippen LogP contribution in [0.1, 0.15) is 26.7 Å². The molecule has 2 rings (SSSR count). The third-order valence-electron chi connectivity index (χ3n) is 3.88. The van der Waals surface area contributed by atoms with E-state index >= 15 is 0 Å². The Morgan fingerprint density at radius 1 is 1.45 bits per heavy atom. The number of para-hydroxylation sites is 1. The van der Waals surface area contributed by atoms with E-state index in [1.54, 1.807) is 0 Å². The van der Waals surface area contributed by atoms with Crippen LogP contribution in [0.15, 0.2) is 29.2 Å². The lowest BCUT2D eigenvalue weighted by Crippen LogP contribution is -2.47. The number of nitrogens with zero attached hydrogens (tertiary/aromatic N) is 2. The maximum Gasteiger partial charge on any atom is 0.244 e. The second kappa shape index (κ2) is 7.14. The summed E-state index contributed by atoms with van der Waals surface area (Å²) in [4.78, 5) is 18.1. The van der Waals surface area contributed by atoms with Crippen molar-refractivity contribution >= 4 is 23.4 Å². The Labute approximate surface area is 126 Å². The summed E-state index contributed by atoms with van der Waals surface area (Å²) in [5, 5.41) is 0. The van der Waals surface area contributed by atoms with Gasteiger partial charge in [-0.15, -0.1) is 11.8 Å². The molecule has 1 aliphatic rings. The molecule has 0 spiro atoms. The van der Waals surface area contributed by atoms with E-state index in [-0.39, 0.29) is 11.9 Å². The maximum absolute atomic E-state index is 12.7. The van der Waals surface area contributed by atoms with Crippen LogP contribution in [0.2, 0.25) is 0 Å². The Balaban J connectivity index is 2.10. The summed E-state index contributed by atoms with van der Waals surface area (Å²) in [5.41, 5.74) is 1.07. The molecule has 0 saturated heterocycles. The molecule has 1 atom stereocenters. The normalized spacial score (nSPS) is 16.1. The molecule has 110 valence electrons. The van der Waals surface area contributed by atoms with E-state index in [2.05, 4.69) is 24.0 Å². The van der Waals surface area contributed by atoms with Gasteiger partial charge in [0.1, 0.15) is 0 Å². The third-order valence-corrected chi connectivity index (χ3v) is 4.92. The van der Waals surface area contributed by atoms with Gasteiger partial charge in [-0.05, 0) is 39.1 Å². The second-order valence-electron chi connectivity index (χ2n) is 5.32. The zero-order valence-corrected chi connectivity index (χ0v) is 13.4. The first-order chi connectivity index (χ1) is 9.65. The lowest BCUT2D eigenvalue weighted by Gasteiger charge is -2.33. The average molecular weight is 292 g/mol. The molecule has 0 N–H and O–H groups in total. The van der Waals surface area contributed by atoms with Gasteiger partial charge >= 0.3 is 0 Å². The van der Waals surface area contributed by atoms with Crippen molar-refractivity contribution < 1.29 is 4.79 Å². The molecule has 1 aromatic carbocycles. The van der Waals surface area contributed by atoms with Crippen molar-refractivity contribution in [1.29, 1.82) is 0 Å². The third kappa shape index (κ3) is 3.36. The van der Waals surface area contributed by atoms with Gasteiger partial charge in [-0.1, -0.05) is 25.5 Å². The molecule has 0 bridgehead atoms. The van der Waals surface area contributed by atoms with Gasteiger partial charge in [-0.25, -0.2) is 0 Å². The molecule has 4 heteroatoms. The highest BCUT2D eigenvalue weighted by Crippen LogP contribution is 2.34. The standard InChI is InChI=1S/C16H24N2OS/c1-4-5-10-17(3)13(2)16(19)18-11-12-20-15-9-7-6-8-14(15)18/h6-9,13H,4-5,10-12H2,1-3H3. The Morgan fingerprint density at radius 2 is 2.20 bits per heavy atom. The van der Waals surface area contributed by atoms with Crippen molar-refractivity contribution in [1.82, 2.24) is 4.90 Å². The lowest BCUT2D eigenvalue weighted by atomic mass is 10.2. The summed E-state index contributed by atoms with van der Waals surface area (Å²) in [5.74, 6) is 1.20. The number of thioether (sulfide) groups is 1. The molecule has 1 unspecified atom stereocenters. The van der Waals surface area contributed by atoms with Gasteiger partial charge < -0.3 is 4.90 Å². The molecule has 0 radical (unpaired) electrons. The fraction of sp³-hybridized carbons (Fsp3) is 0.562. The van der Waals surface area contributed by atoms with E-state index in [1.165, 1.54) is 4.90 Å². The fourth-order valence-corrected chi connectivity index (χ4v) is 3.41.